The highest BCUT2D eigenvalue weighted by molar-refractivity contribution is 6.33. The number of piperazine rings is 1. The van der Waals surface area contributed by atoms with Gasteiger partial charge in [-0.05, 0) is 30.3 Å². The molecule has 13 heteroatoms. The first-order valence-electron chi connectivity index (χ1n) is 11.6. The van der Waals surface area contributed by atoms with E-state index in [2.05, 4.69) is 15.0 Å². The zero-order valence-corrected chi connectivity index (χ0v) is 20.7. The van der Waals surface area contributed by atoms with Crippen LogP contribution in [0.2, 0.25) is 5.02 Å². The molecular formula is C26H18ClF5N6O. The second-order valence-electron chi connectivity index (χ2n) is 8.61. The Bertz CT molecular complexity index is 1520. The third-order valence-electron chi connectivity index (χ3n) is 6.17. The molecule has 0 radical (unpaired) electrons. The molecular weight excluding hydrogens is 543 g/mol. The molecule has 1 aromatic carbocycles. The molecule has 0 spiro atoms. The van der Waals surface area contributed by atoms with Crippen molar-refractivity contribution in [1.29, 1.82) is 0 Å². The molecule has 1 saturated heterocycles. The predicted molar refractivity (Wildman–Crippen MR) is 133 cm³/mol. The van der Waals surface area contributed by atoms with Crippen molar-refractivity contribution in [1.82, 2.24) is 24.8 Å². The van der Waals surface area contributed by atoms with Crippen LogP contribution in [-0.4, -0.2) is 56.9 Å². The standard InChI is InChI=1S/C26H18ClF5N6O/c27-19-13-33-6-5-17(19)24-23(18-3-2-16(28)11-20(18)29)35-14-22(36-24)37-7-9-38(10-8-37)25(39)21-4-1-15(12-34-21)26(30,31)32/h1-6,11-14H,7-10H2. The number of nitrogens with zero attached hydrogens (tertiary/aromatic N) is 6. The van der Waals surface area contributed by atoms with Crippen molar-refractivity contribution in [2.75, 3.05) is 31.1 Å². The van der Waals surface area contributed by atoms with Gasteiger partial charge in [-0.1, -0.05) is 11.6 Å². The predicted octanol–water partition coefficient (Wildman–Crippen LogP) is 5.51. The molecule has 200 valence electrons. The third kappa shape index (κ3) is 5.51. The minimum atomic E-state index is -4.54. The molecule has 1 aliphatic rings. The summed E-state index contributed by atoms with van der Waals surface area (Å²) in [5.74, 6) is -1.60. The molecule has 0 unspecified atom stereocenters. The topological polar surface area (TPSA) is 75.1 Å². The summed E-state index contributed by atoms with van der Waals surface area (Å²) in [6, 6.07) is 6.63. The smallest absolute Gasteiger partial charge is 0.352 e. The minimum Gasteiger partial charge on any atom is -0.352 e. The van der Waals surface area contributed by atoms with Gasteiger partial charge in [0.15, 0.2) is 0 Å². The van der Waals surface area contributed by atoms with E-state index < -0.39 is 29.3 Å². The Hall–Kier alpha value is -4.19. The van der Waals surface area contributed by atoms with Crippen molar-refractivity contribution in [3.05, 3.63) is 89.1 Å². The summed E-state index contributed by atoms with van der Waals surface area (Å²) in [6.07, 6.45) is 0.455. The van der Waals surface area contributed by atoms with Crippen LogP contribution in [0.3, 0.4) is 0 Å². The number of pyridine rings is 2. The second kappa shape index (κ2) is 10.5. The number of rotatable bonds is 4. The van der Waals surface area contributed by atoms with Crippen molar-refractivity contribution < 1.29 is 26.7 Å². The van der Waals surface area contributed by atoms with Gasteiger partial charge in [0.25, 0.3) is 5.91 Å². The van der Waals surface area contributed by atoms with E-state index in [1.54, 1.807) is 6.07 Å². The maximum atomic E-state index is 14.7. The number of carbonyl (C=O) groups is 1. The molecule has 0 aliphatic carbocycles. The number of amides is 1. The number of anilines is 1. The van der Waals surface area contributed by atoms with Crippen LogP contribution >= 0.6 is 11.6 Å². The summed E-state index contributed by atoms with van der Waals surface area (Å²) in [5.41, 5.74) is -0.114. The number of hydrogen-bond donors (Lipinski definition) is 0. The molecule has 3 aromatic heterocycles. The lowest BCUT2D eigenvalue weighted by molar-refractivity contribution is -0.137. The highest BCUT2D eigenvalue weighted by atomic mass is 35.5. The first-order valence-corrected chi connectivity index (χ1v) is 12.0. The summed E-state index contributed by atoms with van der Waals surface area (Å²) in [4.78, 5) is 32.9. The quantitative estimate of drug-likeness (QED) is 0.306. The molecule has 1 aliphatic heterocycles. The summed E-state index contributed by atoms with van der Waals surface area (Å²) in [6.45, 7) is 1.19. The van der Waals surface area contributed by atoms with E-state index >= 15 is 0 Å². The molecule has 1 amide bonds. The summed E-state index contributed by atoms with van der Waals surface area (Å²) < 4.78 is 66.6. The molecule has 4 heterocycles. The Kier molecular flexibility index (Phi) is 7.13. The molecule has 5 rings (SSSR count). The van der Waals surface area contributed by atoms with Gasteiger partial charge in [-0.3, -0.25) is 14.8 Å². The number of alkyl halides is 3. The zero-order chi connectivity index (χ0) is 27.7. The average Bonchev–Trinajstić information content (AvgIpc) is 2.92. The molecule has 0 bridgehead atoms. The van der Waals surface area contributed by atoms with Gasteiger partial charge in [0, 0.05) is 62.0 Å². The highest BCUT2D eigenvalue weighted by Gasteiger charge is 2.32. The van der Waals surface area contributed by atoms with E-state index in [0.717, 1.165) is 24.3 Å². The lowest BCUT2D eigenvalue weighted by Gasteiger charge is -2.35. The molecule has 0 atom stereocenters. The fourth-order valence-corrected chi connectivity index (χ4v) is 4.36. The number of carbonyl (C=O) groups excluding carboxylic acids is 1. The maximum Gasteiger partial charge on any atom is 0.417 e. The minimum absolute atomic E-state index is 0.0396. The highest BCUT2D eigenvalue weighted by Crippen LogP contribution is 2.35. The molecule has 0 saturated carbocycles. The summed E-state index contributed by atoms with van der Waals surface area (Å²) in [5, 5.41) is 0.257. The van der Waals surface area contributed by atoms with Gasteiger partial charge in [-0.2, -0.15) is 13.2 Å². The summed E-state index contributed by atoms with van der Waals surface area (Å²) in [7, 11) is 0. The van der Waals surface area contributed by atoms with Crippen molar-refractivity contribution in [2.24, 2.45) is 0 Å². The van der Waals surface area contributed by atoms with E-state index in [1.807, 2.05) is 4.90 Å². The number of halogens is 6. The Morgan fingerprint density at radius 3 is 2.28 bits per heavy atom. The van der Waals surface area contributed by atoms with Gasteiger partial charge in [0.1, 0.15) is 28.8 Å². The first-order chi connectivity index (χ1) is 18.6. The van der Waals surface area contributed by atoms with Crippen LogP contribution in [0.1, 0.15) is 16.1 Å². The van der Waals surface area contributed by atoms with Crippen molar-refractivity contribution in [3.63, 3.8) is 0 Å². The SMILES string of the molecule is O=C(c1ccc(C(F)(F)F)cn1)N1CCN(c2cnc(-c3ccc(F)cc3F)c(-c3ccncc3Cl)n2)CC1. The van der Waals surface area contributed by atoms with E-state index in [1.165, 1.54) is 29.6 Å². The average molecular weight is 561 g/mol. The Labute approximate surface area is 223 Å². The first kappa shape index (κ1) is 26.4. The molecule has 39 heavy (non-hydrogen) atoms. The van der Waals surface area contributed by atoms with Gasteiger partial charge in [0.2, 0.25) is 0 Å². The van der Waals surface area contributed by atoms with Crippen LogP contribution in [0.4, 0.5) is 27.8 Å². The van der Waals surface area contributed by atoms with Gasteiger partial charge in [-0.25, -0.2) is 18.7 Å². The number of benzene rings is 1. The van der Waals surface area contributed by atoms with Crippen molar-refractivity contribution in [2.45, 2.75) is 6.18 Å². The van der Waals surface area contributed by atoms with Gasteiger partial charge < -0.3 is 9.80 Å². The van der Waals surface area contributed by atoms with E-state index in [9.17, 15) is 26.7 Å². The normalized spacial score (nSPS) is 14.0. The van der Waals surface area contributed by atoms with Crippen molar-refractivity contribution >= 4 is 23.3 Å². The Morgan fingerprint density at radius 2 is 1.64 bits per heavy atom. The van der Waals surface area contributed by atoms with Crippen LogP contribution < -0.4 is 4.90 Å². The van der Waals surface area contributed by atoms with Gasteiger partial charge in [0.05, 0.1) is 22.5 Å². The molecule has 7 nitrogen and oxygen atoms in total. The van der Waals surface area contributed by atoms with Crippen LogP contribution in [0.15, 0.2) is 61.2 Å². The molecule has 1 fully saturated rings. The van der Waals surface area contributed by atoms with Crippen molar-refractivity contribution in [3.8, 4) is 22.5 Å². The van der Waals surface area contributed by atoms with Gasteiger partial charge >= 0.3 is 6.18 Å². The van der Waals surface area contributed by atoms with E-state index in [0.29, 0.717) is 30.7 Å². The maximum absolute atomic E-state index is 14.7. The number of aromatic nitrogens is 4. The monoisotopic (exact) mass is 560 g/mol. The van der Waals surface area contributed by atoms with E-state index in [4.69, 9.17) is 16.6 Å². The van der Waals surface area contributed by atoms with Crippen LogP contribution in [0.5, 0.6) is 0 Å². The van der Waals surface area contributed by atoms with E-state index in [-0.39, 0.29) is 40.8 Å². The molecule has 0 N–H and O–H groups in total. The fourth-order valence-electron chi connectivity index (χ4n) is 4.15. The third-order valence-corrected chi connectivity index (χ3v) is 6.48. The fraction of sp³-hybridized carbons (Fsp3) is 0.192. The lowest BCUT2D eigenvalue weighted by Crippen LogP contribution is -2.49. The van der Waals surface area contributed by atoms with Crippen LogP contribution in [-0.2, 0) is 6.18 Å². The van der Waals surface area contributed by atoms with Gasteiger partial charge in [-0.15, -0.1) is 0 Å². The Morgan fingerprint density at radius 1 is 0.872 bits per heavy atom. The zero-order valence-electron chi connectivity index (χ0n) is 20.0. The second-order valence-corrected chi connectivity index (χ2v) is 9.02. The number of hydrogen-bond acceptors (Lipinski definition) is 6. The Balaban J connectivity index is 1.39. The largest absolute Gasteiger partial charge is 0.417 e. The lowest BCUT2D eigenvalue weighted by atomic mass is 10.0. The summed E-state index contributed by atoms with van der Waals surface area (Å²) >= 11 is 6.36. The molecule has 4 aromatic rings. The van der Waals surface area contributed by atoms with Crippen LogP contribution in [0, 0.1) is 11.6 Å². The van der Waals surface area contributed by atoms with Crippen LogP contribution in [0.25, 0.3) is 22.5 Å².